The molecule has 1 aliphatic carbocycles. The van der Waals surface area contributed by atoms with Gasteiger partial charge in [0.05, 0.1) is 6.61 Å². The van der Waals surface area contributed by atoms with Gasteiger partial charge in [-0.05, 0) is 53.8 Å². The first-order valence-corrected chi connectivity index (χ1v) is 15.7. The number of esters is 4. The van der Waals surface area contributed by atoms with Gasteiger partial charge in [0.15, 0.2) is 18.3 Å². The van der Waals surface area contributed by atoms with Gasteiger partial charge in [0.2, 0.25) is 5.92 Å². The zero-order chi connectivity index (χ0) is 35.2. The molecule has 2 aromatic carbocycles. The van der Waals surface area contributed by atoms with E-state index in [0.29, 0.717) is 30.8 Å². The van der Waals surface area contributed by atoms with Gasteiger partial charge in [-0.15, -0.1) is 0 Å². The third-order valence-electron chi connectivity index (χ3n) is 8.48. The minimum Gasteiger partial charge on any atom is -0.493 e. The van der Waals surface area contributed by atoms with Gasteiger partial charge in [0.1, 0.15) is 30.4 Å². The van der Waals surface area contributed by atoms with E-state index in [1.807, 2.05) is 6.92 Å². The molecule has 0 N–H and O–H groups in total. The maximum atomic E-state index is 15.2. The largest absolute Gasteiger partial charge is 0.493 e. The van der Waals surface area contributed by atoms with Crippen LogP contribution in [-0.2, 0) is 49.3 Å². The molecule has 4 rings (SSSR count). The number of ether oxygens (including phenoxy) is 6. The SMILES string of the molecule is CC(=O)OC[C@H]1O[C@@H](c2ccc(F)c(Cc3ccc(OCC4(C)CCC(F)(F)CC4)cc3)c2)[C@H](OC(C)=O)[C@@H](OC(C)=O)[C@@H]1OC(C)=O. The molecule has 2 aliphatic rings. The van der Waals surface area contributed by atoms with Crippen LogP contribution in [0.3, 0.4) is 0 Å². The number of hydrogen-bond donors (Lipinski definition) is 0. The van der Waals surface area contributed by atoms with Crippen molar-refractivity contribution in [3.63, 3.8) is 0 Å². The van der Waals surface area contributed by atoms with Gasteiger partial charge in [-0.25, -0.2) is 13.2 Å². The van der Waals surface area contributed by atoms with Crippen LogP contribution in [-0.4, -0.2) is 67.4 Å². The fourth-order valence-electron chi connectivity index (χ4n) is 5.95. The number of rotatable bonds is 11. The molecule has 13 heteroatoms. The molecular formula is C35H41F3O10. The van der Waals surface area contributed by atoms with E-state index in [0.717, 1.165) is 26.3 Å². The summed E-state index contributed by atoms with van der Waals surface area (Å²) in [5, 5.41) is 0. The molecule has 0 amide bonds. The van der Waals surface area contributed by atoms with Gasteiger partial charge in [-0.2, -0.15) is 0 Å². The Morgan fingerprint density at radius 2 is 1.38 bits per heavy atom. The molecule has 1 saturated heterocycles. The number of hydrogen-bond acceptors (Lipinski definition) is 10. The fourth-order valence-corrected chi connectivity index (χ4v) is 5.95. The predicted octanol–water partition coefficient (Wildman–Crippen LogP) is 5.81. The van der Waals surface area contributed by atoms with Crippen molar-refractivity contribution >= 4 is 23.9 Å². The third kappa shape index (κ3) is 9.94. The summed E-state index contributed by atoms with van der Waals surface area (Å²) in [6, 6.07) is 11.2. The van der Waals surface area contributed by atoms with Crippen molar-refractivity contribution in [2.24, 2.45) is 5.41 Å². The van der Waals surface area contributed by atoms with Crippen molar-refractivity contribution in [1.29, 1.82) is 0 Å². The van der Waals surface area contributed by atoms with Crippen LogP contribution in [0.25, 0.3) is 0 Å². The lowest BCUT2D eigenvalue weighted by atomic mass is 9.75. The summed E-state index contributed by atoms with van der Waals surface area (Å²) in [5.41, 5.74) is 1.02. The molecule has 0 bridgehead atoms. The molecule has 0 unspecified atom stereocenters. The van der Waals surface area contributed by atoms with Crippen molar-refractivity contribution in [3.8, 4) is 5.75 Å². The molecule has 1 aliphatic heterocycles. The van der Waals surface area contributed by atoms with E-state index in [4.69, 9.17) is 28.4 Å². The predicted molar refractivity (Wildman–Crippen MR) is 164 cm³/mol. The Bertz CT molecular complexity index is 1470. The number of carbonyl (C=O) groups excluding carboxylic acids is 4. The van der Waals surface area contributed by atoms with E-state index < -0.39 is 66.1 Å². The second-order valence-electron chi connectivity index (χ2n) is 12.7. The van der Waals surface area contributed by atoms with Crippen molar-refractivity contribution in [3.05, 3.63) is 65.0 Å². The Morgan fingerprint density at radius 3 is 1.96 bits per heavy atom. The molecule has 0 aromatic heterocycles. The van der Waals surface area contributed by atoms with Crippen molar-refractivity contribution in [1.82, 2.24) is 0 Å². The van der Waals surface area contributed by atoms with Crippen LogP contribution in [0.1, 0.15) is 83.1 Å². The van der Waals surface area contributed by atoms with Crippen LogP contribution in [0.5, 0.6) is 5.75 Å². The van der Waals surface area contributed by atoms with Gasteiger partial charge in [0.25, 0.3) is 0 Å². The summed E-state index contributed by atoms with van der Waals surface area (Å²) in [5.74, 6) is -5.48. The molecule has 48 heavy (non-hydrogen) atoms. The molecule has 5 atom stereocenters. The summed E-state index contributed by atoms with van der Waals surface area (Å²) in [4.78, 5) is 48.0. The van der Waals surface area contributed by atoms with Crippen LogP contribution >= 0.6 is 0 Å². The van der Waals surface area contributed by atoms with E-state index in [1.165, 1.54) is 25.1 Å². The summed E-state index contributed by atoms with van der Waals surface area (Å²) in [6.07, 6.45) is -5.72. The first-order valence-electron chi connectivity index (χ1n) is 15.7. The zero-order valence-corrected chi connectivity index (χ0v) is 27.6. The molecule has 0 radical (unpaired) electrons. The Labute approximate surface area is 277 Å². The van der Waals surface area contributed by atoms with E-state index >= 15 is 4.39 Å². The van der Waals surface area contributed by atoms with E-state index in [9.17, 15) is 28.0 Å². The van der Waals surface area contributed by atoms with Crippen LogP contribution in [0.2, 0.25) is 0 Å². The summed E-state index contributed by atoms with van der Waals surface area (Å²) >= 11 is 0. The Balaban J connectivity index is 1.57. The summed E-state index contributed by atoms with van der Waals surface area (Å²) in [6.45, 7) is 6.44. The van der Waals surface area contributed by atoms with Gasteiger partial charge in [-0.3, -0.25) is 19.2 Å². The topological polar surface area (TPSA) is 124 Å². The monoisotopic (exact) mass is 678 g/mol. The highest BCUT2D eigenvalue weighted by atomic mass is 19.3. The summed E-state index contributed by atoms with van der Waals surface area (Å²) < 4.78 is 76.2. The Morgan fingerprint density at radius 1 is 0.792 bits per heavy atom. The highest BCUT2D eigenvalue weighted by Gasteiger charge is 2.52. The van der Waals surface area contributed by atoms with Crippen LogP contribution in [0, 0.1) is 11.2 Å². The van der Waals surface area contributed by atoms with Gasteiger partial charge < -0.3 is 28.4 Å². The van der Waals surface area contributed by atoms with Crippen LogP contribution in [0.15, 0.2) is 42.5 Å². The maximum Gasteiger partial charge on any atom is 0.303 e. The standard InChI is InChI=1S/C35H41F3O10/c1-20(39)43-18-29-31(45-21(2)40)33(47-23(4)42)32(46-22(3)41)30(48-29)25-8-11-28(36)26(17-25)16-24-6-9-27(10-7-24)44-19-34(5)12-14-35(37,38)15-13-34/h6-11,17,29-33H,12-16,18-19H2,1-5H3/t29-,30+,31-,32+,33+/m1/s1. The minimum atomic E-state index is -2.62. The average molecular weight is 679 g/mol. The van der Waals surface area contributed by atoms with Gasteiger partial charge >= 0.3 is 23.9 Å². The lowest BCUT2D eigenvalue weighted by molar-refractivity contribution is -0.254. The number of halogens is 3. The molecule has 1 saturated carbocycles. The number of alkyl halides is 2. The quantitative estimate of drug-likeness (QED) is 0.213. The first kappa shape index (κ1) is 36.7. The first-order chi connectivity index (χ1) is 22.5. The Kier molecular flexibility index (Phi) is 11.8. The molecule has 1 heterocycles. The summed E-state index contributed by atoms with van der Waals surface area (Å²) in [7, 11) is 0. The van der Waals surface area contributed by atoms with Crippen molar-refractivity contribution in [2.75, 3.05) is 13.2 Å². The fraction of sp³-hybridized carbons (Fsp3) is 0.543. The van der Waals surface area contributed by atoms with E-state index in [-0.39, 0.29) is 36.8 Å². The normalized spacial score (nSPS) is 24.5. The van der Waals surface area contributed by atoms with Crippen molar-refractivity contribution < 1.29 is 60.8 Å². The molecule has 2 aromatic rings. The molecule has 2 fully saturated rings. The molecule has 0 spiro atoms. The second kappa shape index (κ2) is 15.4. The van der Waals surface area contributed by atoms with Gasteiger partial charge in [-0.1, -0.05) is 25.1 Å². The number of carbonyl (C=O) groups is 4. The zero-order valence-electron chi connectivity index (χ0n) is 27.6. The van der Waals surface area contributed by atoms with E-state index in [2.05, 4.69) is 0 Å². The van der Waals surface area contributed by atoms with Gasteiger partial charge in [0, 0.05) is 52.4 Å². The average Bonchev–Trinajstić information content (AvgIpc) is 3.00. The van der Waals surface area contributed by atoms with Crippen LogP contribution in [0.4, 0.5) is 13.2 Å². The molecular weight excluding hydrogens is 637 g/mol. The molecule has 10 nitrogen and oxygen atoms in total. The lowest BCUT2D eigenvalue weighted by Crippen LogP contribution is -2.59. The van der Waals surface area contributed by atoms with E-state index in [1.54, 1.807) is 24.3 Å². The minimum absolute atomic E-state index is 0.151. The molecule has 262 valence electrons. The van der Waals surface area contributed by atoms with Crippen LogP contribution < -0.4 is 4.74 Å². The smallest absolute Gasteiger partial charge is 0.303 e. The number of benzene rings is 2. The lowest BCUT2D eigenvalue weighted by Gasteiger charge is -2.44. The maximum absolute atomic E-state index is 15.2. The van der Waals surface area contributed by atoms with Crippen molar-refractivity contribution in [2.45, 2.75) is 103 Å². The third-order valence-corrected chi connectivity index (χ3v) is 8.48. The second-order valence-corrected chi connectivity index (χ2v) is 12.7. The highest BCUT2D eigenvalue weighted by molar-refractivity contribution is 5.69. The Hall–Kier alpha value is -4.13. The highest BCUT2D eigenvalue weighted by Crippen LogP contribution is 2.43.